The highest BCUT2D eigenvalue weighted by atomic mass is 16.6. The van der Waals surface area contributed by atoms with Gasteiger partial charge in [0, 0.05) is 0 Å². The molecular weight excluding hydrogens is 300 g/mol. The molecule has 0 radical (unpaired) electrons. The molecule has 1 aliphatic rings. The van der Waals surface area contributed by atoms with Gasteiger partial charge in [0.05, 0.1) is 5.57 Å². The molecule has 0 amide bonds. The maximum atomic E-state index is 11.4. The Morgan fingerprint density at radius 3 is 1.79 bits per heavy atom. The van der Waals surface area contributed by atoms with E-state index in [1.54, 1.807) is 0 Å². The number of aliphatic hydroxyl groups excluding tert-OH is 1. The minimum Gasteiger partial charge on any atom is -0.425 e. The van der Waals surface area contributed by atoms with Gasteiger partial charge in [-0.2, -0.15) is 0 Å². The molecule has 1 unspecified atom stereocenters. The number of allylic oxidation sites excluding steroid dienone is 1. The summed E-state index contributed by atoms with van der Waals surface area (Å²) in [6, 6.07) is 0. The van der Waals surface area contributed by atoms with Gasteiger partial charge in [0.1, 0.15) is 11.9 Å². The Balaban J connectivity index is 1.87. The quantitative estimate of drug-likeness (QED) is 0.247. The predicted molar refractivity (Wildman–Crippen MR) is 99.6 cm³/mol. The number of carbonyl (C=O) groups is 1. The molecule has 1 N–H and O–H groups in total. The zero-order valence-electron chi connectivity index (χ0n) is 15.5. The summed E-state index contributed by atoms with van der Waals surface area (Å²) in [6.07, 6.45) is 19.0. The van der Waals surface area contributed by atoms with Crippen molar-refractivity contribution < 1.29 is 14.6 Å². The van der Waals surface area contributed by atoms with E-state index in [1.807, 2.05) is 6.08 Å². The molecule has 0 spiro atoms. The second-order valence-electron chi connectivity index (χ2n) is 6.95. The summed E-state index contributed by atoms with van der Waals surface area (Å²) in [6.45, 7) is 5.78. The second-order valence-corrected chi connectivity index (χ2v) is 6.95. The van der Waals surface area contributed by atoms with Crippen molar-refractivity contribution in [3.05, 3.63) is 24.0 Å². The molecule has 138 valence electrons. The molecule has 3 nitrogen and oxygen atoms in total. The first-order valence-corrected chi connectivity index (χ1v) is 9.96. The van der Waals surface area contributed by atoms with Crippen LogP contribution in [0.2, 0.25) is 0 Å². The fourth-order valence-electron chi connectivity index (χ4n) is 3.13. The van der Waals surface area contributed by atoms with Gasteiger partial charge in [-0.3, -0.25) is 0 Å². The van der Waals surface area contributed by atoms with Crippen molar-refractivity contribution >= 4 is 5.97 Å². The van der Waals surface area contributed by atoms with Gasteiger partial charge in [-0.25, -0.2) is 4.79 Å². The number of carbonyl (C=O) groups excluding carboxylic acids is 1. The summed E-state index contributed by atoms with van der Waals surface area (Å²) in [7, 11) is 0. The smallest absolute Gasteiger partial charge is 0.341 e. The van der Waals surface area contributed by atoms with E-state index in [1.165, 1.54) is 77.0 Å². The van der Waals surface area contributed by atoms with Gasteiger partial charge in [0.15, 0.2) is 0 Å². The summed E-state index contributed by atoms with van der Waals surface area (Å²) < 4.78 is 4.80. The van der Waals surface area contributed by atoms with Crippen molar-refractivity contribution in [3.63, 3.8) is 0 Å². The maximum Gasteiger partial charge on any atom is 0.341 e. The standard InChI is InChI=1S/C21H36O3/c1-3-4-5-6-7-8-9-10-11-12-13-14-15-16-17-19-20(22)18(2)24-21(19)23/h17,20,22H,2-16H2,1H3. The highest BCUT2D eigenvalue weighted by molar-refractivity contribution is 5.93. The van der Waals surface area contributed by atoms with E-state index in [-0.39, 0.29) is 5.76 Å². The van der Waals surface area contributed by atoms with E-state index in [4.69, 9.17) is 4.74 Å². The van der Waals surface area contributed by atoms with E-state index >= 15 is 0 Å². The highest BCUT2D eigenvalue weighted by Crippen LogP contribution is 2.23. The van der Waals surface area contributed by atoms with Crippen molar-refractivity contribution in [2.45, 2.75) is 103 Å². The Morgan fingerprint density at radius 2 is 1.38 bits per heavy atom. The summed E-state index contributed by atoms with van der Waals surface area (Å²) in [4.78, 5) is 11.4. The average Bonchev–Trinajstić information content (AvgIpc) is 2.81. The molecule has 0 saturated carbocycles. The highest BCUT2D eigenvalue weighted by Gasteiger charge is 2.32. The Hall–Kier alpha value is -1.09. The third kappa shape index (κ3) is 8.68. The Labute approximate surface area is 148 Å². The van der Waals surface area contributed by atoms with Gasteiger partial charge < -0.3 is 9.84 Å². The summed E-state index contributed by atoms with van der Waals surface area (Å²) in [5.41, 5.74) is 0.360. The predicted octanol–water partition coefficient (Wildman–Crippen LogP) is 5.83. The van der Waals surface area contributed by atoms with Gasteiger partial charge >= 0.3 is 5.97 Å². The number of ether oxygens (including phenoxy) is 1. The number of rotatable bonds is 14. The third-order valence-corrected chi connectivity index (χ3v) is 4.73. The second kappa shape index (κ2) is 13.2. The molecule has 0 aromatic heterocycles. The van der Waals surface area contributed by atoms with E-state index in [0.29, 0.717) is 5.57 Å². The first-order valence-electron chi connectivity index (χ1n) is 9.96. The lowest BCUT2D eigenvalue weighted by atomic mass is 10.0. The number of hydrogen-bond acceptors (Lipinski definition) is 3. The van der Waals surface area contributed by atoms with Gasteiger partial charge in [-0.1, -0.05) is 96.6 Å². The van der Waals surface area contributed by atoms with Crippen LogP contribution >= 0.6 is 0 Å². The van der Waals surface area contributed by atoms with Crippen LogP contribution in [0.25, 0.3) is 0 Å². The summed E-state index contributed by atoms with van der Waals surface area (Å²) in [5, 5.41) is 9.72. The van der Waals surface area contributed by atoms with Gasteiger partial charge in [-0.15, -0.1) is 0 Å². The van der Waals surface area contributed by atoms with E-state index in [2.05, 4.69) is 13.5 Å². The number of esters is 1. The molecule has 3 heteroatoms. The third-order valence-electron chi connectivity index (χ3n) is 4.73. The first kappa shape index (κ1) is 21.0. The van der Waals surface area contributed by atoms with Gasteiger partial charge in [0.2, 0.25) is 0 Å². The summed E-state index contributed by atoms with van der Waals surface area (Å²) in [5.74, 6) is -0.293. The average molecular weight is 337 g/mol. The summed E-state index contributed by atoms with van der Waals surface area (Å²) >= 11 is 0. The molecular formula is C21H36O3. The Kier molecular flexibility index (Phi) is 11.5. The van der Waals surface area contributed by atoms with Crippen LogP contribution in [0.5, 0.6) is 0 Å². The first-order chi connectivity index (χ1) is 11.7. The molecule has 1 saturated heterocycles. The van der Waals surface area contributed by atoms with Gasteiger partial charge in [0.25, 0.3) is 0 Å². The minimum absolute atomic E-state index is 0.150. The zero-order valence-corrected chi connectivity index (χ0v) is 15.5. The van der Waals surface area contributed by atoms with Crippen LogP contribution in [0, 0.1) is 0 Å². The van der Waals surface area contributed by atoms with Crippen LogP contribution in [0.4, 0.5) is 0 Å². The van der Waals surface area contributed by atoms with E-state index in [9.17, 15) is 9.90 Å². The molecule has 0 aromatic rings. The number of cyclic esters (lactones) is 1. The van der Waals surface area contributed by atoms with E-state index in [0.717, 1.165) is 12.8 Å². The van der Waals surface area contributed by atoms with Crippen molar-refractivity contribution in [1.82, 2.24) is 0 Å². The van der Waals surface area contributed by atoms with Crippen LogP contribution in [0.3, 0.4) is 0 Å². The van der Waals surface area contributed by atoms with Crippen LogP contribution in [0.1, 0.15) is 96.8 Å². The molecule has 0 aromatic carbocycles. The lowest BCUT2D eigenvalue weighted by molar-refractivity contribution is -0.132. The minimum atomic E-state index is -0.931. The van der Waals surface area contributed by atoms with Crippen molar-refractivity contribution in [3.8, 4) is 0 Å². The van der Waals surface area contributed by atoms with E-state index < -0.39 is 12.1 Å². The maximum absolute atomic E-state index is 11.4. The van der Waals surface area contributed by atoms with Gasteiger partial charge in [-0.05, 0) is 12.8 Å². The molecule has 1 aliphatic heterocycles. The molecule has 1 rings (SSSR count). The largest absolute Gasteiger partial charge is 0.425 e. The normalized spacial score (nSPS) is 19.2. The molecule has 0 aliphatic carbocycles. The number of aliphatic hydroxyl groups is 1. The van der Waals surface area contributed by atoms with Crippen LogP contribution in [-0.2, 0) is 9.53 Å². The Bertz CT molecular complexity index is 398. The van der Waals surface area contributed by atoms with Crippen LogP contribution in [-0.4, -0.2) is 17.2 Å². The number of unbranched alkanes of at least 4 members (excludes halogenated alkanes) is 13. The molecule has 24 heavy (non-hydrogen) atoms. The molecule has 1 heterocycles. The van der Waals surface area contributed by atoms with Crippen LogP contribution in [0.15, 0.2) is 24.0 Å². The number of hydrogen-bond donors (Lipinski definition) is 1. The zero-order chi connectivity index (χ0) is 17.6. The van der Waals surface area contributed by atoms with Crippen LogP contribution < -0.4 is 0 Å². The SMILES string of the molecule is C=C1OC(=O)C(=CCCCCCCCCCCCCCCC)C1O. The lowest BCUT2D eigenvalue weighted by Crippen LogP contribution is -2.07. The van der Waals surface area contributed by atoms with Crippen molar-refractivity contribution in [2.75, 3.05) is 0 Å². The topological polar surface area (TPSA) is 46.5 Å². The molecule has 0 bridgehead atoms. The fraction of sp³-hybridized carbons (Fsp3) is 0.762. The van der Waals surface area contributed by atoms with Crippen molar-refractivity contribution in [2.24, 2.45) is 0 Å². The fourth-order valence-corrected chi connectivity index (χ4v) is 3.13. The monoisotopic (exact) mass is 336 g/mol. The molecule has 1 fully saturated rings. The lowest BCUT2D eigenvalue weighted by Gasteiger charge is -2.03. The van der Waals surface area contributed by atoms with Crippen molar-refractivity contribution in [1.29, 1.82) is 0 Å². The Morgan fingerprint density at radius 1 is 0.917 bits per heavy atom. The molecule has 1 atom stereocenters.